The molecule has 1 unspecified atom stereocenters. The van der Waals surface area contributed by atoms with Crippen molar-refractivity contribution < 1.29 is 4.39 Å². The molecule has 0 amide bonds. The van der Waals surface area contributed by atoms with Crippen LogP contribution in [0.5, 0.6) is 0 Å². The molecule has 3 aromatic rings. The Balaban J connectivity index is 1.38. The van der Waals surface area contributed by atoms with E-state index in [1.807, 2.05) is 23.1 Å². The normalized spacial score (nSPS) is 19.4. The van der Waals surface area contributed by atoms with Crippen molar-refractivity contribution in [2.75, 3.05) is 16.8 Å². The van der Waals surface area contributed by atoms with E-state index in [0.717, 1.165) is 25.1 Å². The highest BCUT2D eigenvalue weighted by Crippen LogP contribution is 2.39. The first-order valence-corrected chi connectivity index (χ1v) is 9.30. The molecule has 138 valence electrons. The van der Waals surface area contributed by atoms with Crippen LogP contribution in [0.3, 0.4) is 0 Å². The van der Waals surface area contributed by atoms with Crippen molar-refractivity contribution in [1.82, 2.24) is 25.1 Å². The summed E-state index contributed by atoms with van der Waals surface area (Å²) in [6.07, 6.45) is 5.75. The molecule has 1 saturated carbocycles. The number of H-pyrrole nitrogens is 1. The molecule has 1 aliphatic heterocycles. The fourth-order valence-electron chi connectivity index (χ4n) is 3.68. The van der Waals surface area contributed by atoms with Gasteiger partial charge in [0.15, 0.2) is 5.82 Å². The standard InChI is InChI=1S/C19H20FN7/c20-14-5-2-1-4-13(14)16-6-3-9-27(16)19-22-11-21-18(24-19)23-17-10-15(25-26-17)12-7-8-12/h1-2,4-5,10-12,16H,3,6-9H2,(H2,21,22,23,24,25,26). The van der Waals surface area contributed by atoms with Crippen molar-refractivity contribution in [3.8, 4) is 0 Å². The van der Waals surface area contributed by atoms with Gasteiger partial charge in [-0.2, -0.15) is 10.1 Å². The number of hydrogen-bond acceptors (Lipinski definition) is 6. The summed E-state index contributed by atoms with van der Waals surface area (Å²) < 4.78 is 14.3. The number of nitrogens with one attached hydrogen (secondary N) is 2. The highest BCUT2D eigenvalue weighted by molar-refractivity contribution is 5.50. The monoisotopic (exact) mass is 365 g/mol. The SMILES string of the molecule is Fc1ccccc1C1CCCN1c1ncnc(Nc2cc(C3CC3)[nH]n2)n1. The van der Waals surface area contributed by atoms with Gasteiger partial charge in [-0.3, -0.25) is 5.10 Å². The number of rotatable bonds is 5. The quantitative estimate of drug-likeness (QED) is 0.717. The van der Waals surface area contributed by atoms with Crippen LogP contribution in [0, 0.1) is 5.82 Å². The first-order chi connectivity index (χ1) is 13.3. The van der Waals surface area contributed by atoms with Crippen molar-refractivity contribution in [2.24, 2.45) is 0 Å². The maximum Gasteiger partial charge on any atom is 0.233 e. The second-order valence-corrected chi connectivity index (χ2v) is 7.09. The number of hydrogen-bond donors (Lipinski definition) is 2. The third-order valence-corrected chi connectivity index (χ3v) is 5.19. The molecule has 0 bridgehead atoms. The van der Waals surface area contributed by atoms with Gasteiger partial charge >= 0.3 is 0 Å². The molecule has 2 fully saturated rings. The Labute approximate surface area is 156 Å². The van der Waals surface area contributed by atoms with Crippen molar-refractivity contribution in [1.29, 1.82) is 0 Å². The van der Waals surface area contributed by atoms with Gasteiger partial charge in [0.1, 0.15) is 12.1 Å². The molecule has 1 aromatic carbocycles. The van der Waals surface area contributed by atoms with Crippen LogP contribution < -0.4 is 10.2 Å². The topological polar surface area (TPSA) is 82.6 Å². The van der Waals surface area contributed by atoms with Crippen molar-refractivity contribution in [2.45, 2.75) is 37.6 Å². The third kappa shape index (κ3) is 3.22. The van der Waals surface area contributed by atoms with Gasteiger partial charge in [-0.25, -0.2) is 14.4 Å². The van der Waals surface area contributed by atoms with Gasteiger partial charge in [0.25, 0.3) is 0 Å². The number of anilines is 3. The van der Waals surface area contributed by atoms with Gasteiger partial charge in [-0.1, -0.05) is 18.2 Å². The van der Waals surface area contributed by atoms with Crippen LogP contribution in [-0.4, -0.2) is 31.7 Å². The fraction of sp³-hybridized carbons (Fsp3) is 0.368. The molecule has 2 N–H and O–H groups in total. The van der Waals surface area contributed by atoms with Crippen LogP contribution in [0.2, 0.25) is 0 Å². The number of halogens is 1. The minimum absolute atomic E-state index is 0.0618. The van der Waals surface area contributed by atoms with E-state index < -0.39 is 0 Å². The number of aromatic nitrogens is 5. The summed E-state index contributed by atoms with van der Waals surface area (Å²) in [5, 5.41) is 10.5. The highest BCUT2D eigenvalue weighted by atomic mass is 19.1. The largest absolute Gasteiger partial charge is 0.334 e. The molecule has 1 saturated heterocycles. The van der Waals surface area contributed by atoms with Crippen molar-refractivity contribution in [3.63, 3.8) is 0 Å². The number of nitrogens with zero attached hydrogens (tertiary/aromatic N) is 5. The van der Waals surface area contributed by atoms with Gasteiger partial charge in [0.05, 0.1) is 6.04 Å². The zero-order chi connectivity index (χ0) is 18.2. The van der Waals surface area contributed by atoms with E-state index in [1.165, 1.54) is 25.2 Å². The van der Waals surface area contributed by atoms with Crippen LogP contribution in [0.1, 0.15) is 48.9 Å². The summed E-state index contributed by atoms with van der Waals surface area (Å²) in [7, 11) is 0. The molecule has 0 spiro atoms. The molecular weight excluding hydrogens is 345 g/mol. The first-order valence-electron chi connectivity index (χ1n) is 9.30. The number of aromatic amines is 1. The Hall–Kier alpha value is -3.03. The lowest BCUT2D eigenvalue weighted by Crippen LogP contribution is -2.25. The fourth-order valence-corrected chi connectivity index (χ4v) is 3.68. The second kappa shape index (κ2) is 6.61. The van der Waals surface area contributed by atoms with E-state index >= 15 is 0 Å². The van der Waals surface area contributed by atoms with E-state index in [2.05, 4.69) is 30.5 Å². The maximum absolute atomic E-state index is 14.3. The van der Waals surface area contributed by atoms with Crippen LogP contribution in [0.4, 0.5) is 22.1 Å². The molecule has 0 radical (unpaired) electrons. The zero-order valence-electron chi connectivity index (χ0n) is 14.8. The van der Waals surface area contributed by atoms with E-state index in [-0.39, 0.29) is 11.9 Å². The maximum atomic E-state index is 14.3. The average molecular weight is 365 g/mol. The van der Waals surface area contributed by atoms with E-state index in [4.69, 9.17) is 0 Å². The van der Waals surface area contributed by atoms with Gasteiger partial charge in [0.2, 0.25) is 11.9 Å². The highest BCUT2D eigenvalue weighted by Gasteiger charge is 2.30. The molecule has 1 atom stereocenters. The van der Waals surface area contributed by atoms with Gasteiger partial charge in [-0.05, 0) is 31.7 Å². The molecule has 5 rings (SSSR count). The summed E-state index contributed by atoms with van der Waals surface area (Å²) in [5.41, 5.74) is 1.83. The number of benzene rings is 1. The smallest absolute Gasteiger partial charge is 0.233 e. The summed E-state index contributed by atoms with van der Waals surface area (Å²) >= 11 is 0. The Morgan fingerprint density at radius 3 is 2.89 bits per heavy atom. The first kappa shape index (κ1) is 16.2. The molecule has 7 nitrogen and oxygen atoms in total. The summed E-state index contributed by atoms with van der Waals surface area (Å²) in [6, 6.07) is 8.85. The summed E-state index contributed by atoms with van der Waals surface area (Å²) in [5.74, 6) is 2.10. The Morgan fingerprint density at radius 1 is 1.15 bits per heavy atom. The van der Waals surface area contributed by atoms with Crippen LogP contribution in [0.25, 0.3) is 0 Å². The Morgan fingerprint density at radius 2 is 2.04 bits per heavy atom. The van der Waals surface area contributed by atoms with Crippen LogP contribution in [-0.2, 0) is 0 Å². The van der Waals surface area contributed by atoms with Gasteiger partial charge < -0.3 is 10.2 Å². The molecule has 3 heterocycles. The molecule has 2 aromatic heterocycles. The lowest BCUT2D eigenvalue weighted by molar-refractivity contribution is 0.577. The third-order valence-electron chi connectivity index (χ3n) is 5.19. The molecule has 2 aliphatic rings. The van der Waals surface area contributed by atoms with E-state index in [9.17, 15) is 4.39 Å². The molecular formula is C19H20FN7. The predicted octanol–water partition coefficient (Wildman–Crippen LogP) is 3.70. The Bertz CT molecular complexity index is 952. The van der Waals surface area contributed by atoms with Gasteiger partial charge in [0, 0.05) is 29.8 Å². The van der Waals surface area contributed by atoms with Crippen molar-refractivity contribution >= 4 is 17.7 Å². The predicted molar refractivity (Wildman–Crippen MR) is 99.4 cm³/mol. The summed E-state index contributed by atoms with van der Waals surface area (Å²) in [6.45, 7) is 0.788. The lowest BCUT2D eigenvalue weighted by Gasteiger charge is -2.25. The summed E-state index contributed by atoms with van der Waals surface area (Å²) in [4.78, 5) is 15.1. The lowest BCUT2D eigenvalue weighted by atomic mass is 10.0. The van der Waals surface area contributed by atoms with Crippen LogP contribution >= 0.6 is 0 Å². The van der Waals surface area contributed by atoms with Gasteiger partial charge in [-0.15, -0.1) is 0 Å². The molecule has 1 aliphatic carbocycles. The zero-order valence-corrected chi connectivity index (χ0v) is 14.8. The minimum atomic E-state index is -0.189. The van der Waals surface area contributed by atoms with Crippen molar-refractivity contribution in [3.05, 3.63) is 53.7 Å². The van der Waals surface area contributed by atoms with E-state index in [1.54, 1.807) is 6.07 Å². The average Bonchev–Trinajstić information content (AvgIpc) is 3.23. The minimum Gasteiger partial charge on any atom is -0.334 e. The Kier molecular flexibility index (Phi) is 3.95. The second-order valence-electron chi connectivity index (χ2n) is 7.09. The molecule has 27 heavy (non-hydrogen) atoms. The van der Waals surface area contributed by atoms with E-state index in [0.29, 0.717) is 29.2 Å². The molecule has 8 heteroatoms. The van der Waals surface area contributed by atoms with Crippen LogP contribution in [0.15, 0.2) is 36.7 Å².